The first kappa shape index (κ1) is 19.0. The van der Waals surface area contributed by atoms with Crippen LogP contribution in [0.5, 0.6) is 17.2 Å². The van der Waals surface area contributed by atoms with Gasteiger partial charge in [0.1, 0.15) is 28.9 Å². The van der Waals surface area contributed by atoms with Crippen molar-refractivity contribution in [1.29, 1.82) is 0 Å². The second-order valence-electron chi connectivity index (χ2n) is 8.61. The highest BCUT2D eigenvalue weighted by molar-refractivity contribution is 5.51. The molecule has 1 aliphatic carbocycles. The summed E-state index contributed by atoms with van der Waals surface area (Å²) in [7, 11) is 1.57. The van der Waals surface area contributed by atoms with Crippen molar-refractivity contribution in [2.24, 2.45) is 0 Å². The van der Waals surface area contributed by atoms with Crippen LogP contribution in [-0.2, 0) is 6.54 Å². The molecule has 0 bridgehead atoms. The molecular weight excluding hydrogens is 410 g/mol. The standard InChI is InChI=1S/C24H23N3O5/c1-31-17-7-4-15(5-8-17)26-22(29)25-13-10-19-21(27(25)23(26)30)18-9-6-16(28)14-20(18)32-24(19)11-2-3-12-24/h4-10,14,21,28H,2-3,11-13H2,1H3. The minimum Gasteiger partial charge on any atom is -0.508 e. The van der Waals surface area contributed by atoms with Crippen molar-refractivity contribution in [1.82, 2.24) is 13.9 Å². The van der Waals surface area contributed by atoms with Crippen molar-refractivity contribution in [3.63, 3.8) is 0 Å². The van der Waals surface area contributed by atoms with Gasteiger partial charge in [0.05, 0.1) is 19.3 Å². The van der Waals surface area contributed by atoms with E-state index in [1.54, 1.807) is 54.3 Å². The van der Waals surface area contributed by atoms with Crippen LogP contribution in [0.4, 0.5) is 0 Å². The lowest BCUT2D eigenvalue weighted by Gasteiger charge is -2.44. The van der Waals surface area contributed by atoms with Gasteiger partial charge in [-0.25, -0.2) is 23.5 Å². The number of allylic oxidation sites excluding steroid dienone is 1. The Morgan fingerprint density at radius 2 is 1.81 bits per heavy atom. The topological polar surface area (TPSA) is 87.6 Å². The minimum absolute atomic E-state index is 0.112. The molecule has 3 aliphatic rings. The summed E-state index contributed by atoms with van der Waals surface area (Å²) in [6.07, 6.45) is 5.82. The average Bonchev–Trinajstić information content (AvgIpc) is 3.36. The van der Waals surface area contributed by atoms with Gasteiger partial charge in [0.25, 0.3) is 0 Å². The fourth-order valence-corrected chi connectivity index (χ4v) is 5.47. The van der Waals surface area contributed by atoms with E-state index in [0.717, 1.165) is 36.8 Å². The maximum Gasteiger partial charge on any atom is 0.352 e. The van der Waals surface area contributed by atoms with E-state index in [1.165, 1.54) is 9.25 Å². The highest BCUT2D eigenvalue weighted by Crippen LogP contribution is 2.52. The Bertz CT molecular complexity index is 1370. The number of hydrogen-bond donors (Lipinski definition) is 1. The Hall–Kier alpha value is -3.68. The molecule has 8 nitrogen and oxygen atoms in total. The van der Waals surface area contributed by atoms with Gasteiger partial charge in [0, 0.05) is 17.2 Å². The fraction of sp³-hybridized carbons (Fsp3) is 0.333. The van der Waals surface area contributed by atoms with Crippen LogP contribution >= 0.6 is 0 Å². The smallest absolute Gasteiger partial charge is 0.352 e. The van der Waals surface area contributed by atoms with Crippen molar-refractivity contribution in [2.45, 2.75) is 43.9 Å². The van der Waals surface area contributed by atoms with Gasteiger partial charge in [-0.15, -0.1) is 0 Å². The number of phenols is 1. The van der Waals surface area contributed by atoms with E-state index < -0.39 is 17.3 Å². The van der Waals surface area contributed by atoms with Crippen LogP contribution in [0.25, 0.3) is 5.69 Å². The number of fused-ring (bicyclic) bond motifs is 6. The van der Waals surface area contributed by atoms with Crippen molar-refractivity contribution in [3.05, 3.63) is 80.6 Å². The number of ether oxygens (including phenoxy) is 2. The third-order valence-electron chi connectivity index (χ3n) is 6.95. The van der Waals surface area contributed by atoms with Gasteiger partial charge in [-0.3, -0.25) is 0 Å². The molecule has 3 aromatic rings. The Balaban J connectivity index is 1.59. The Kier molecular flexibility index (Phi) is 3.96. The van der Waals surface area contributed by atoms with Gasteiger partial charge in [-0.1, -0.05) is 6.08 Å². The van der Waals surface area contributed by atoms with Crippen LogP contribution in [-0.4, -0.2) is 31.7 Å². The number of hydrogen-bond acceptors (Lipinski definition) is 5. The molecule has 1 N–H and O–H groups in total. The molecule has 0 radical (unpaired) electrons. The SMILES string of the molecule is COc1ccc(-n2c(=O)n3n(c2=O)C2C(=CC3)C3(CCCC3)Oc3cc(O)ccc32)cc1. The first-order valence-electron chi connectivity index (χ1n) is 10.8. The second-order valence-corrected chi connectivity index (χ2v) is 8.61. The number of methoxy groups -OCH3 is 1. The molecule has 0 amide bonds. The highest BCUT2D eigenvalue weighted by Gasteiger charge is 2.50. The van der Waals surface area contributed by atoms with Crippen LogP contribution < -0.4 is 20.9 Å². The molecule has 1 unspecified atom stereocenters. The summed E-state index contributed by atoms with van der Waals surface area (Å²) in [5.74, 6) is 1.33. The maximum atomic E-state index is 13.7. The van der Waals surface area contributed by atoms with E-state index in [4.69, 9.17) is 9.47 Å². The Labute approximate surface area is 183 Å². The number of aromatic nitrogens is 3. The van der Waals surface area contributed by atoms with E-state index in [2.05, 4.69) is 0 Å². The van der Waals surface area contributed by atoms with Crippen LogP contribution in [0.1, 0.15) is 37.3 Å². The minimum atomic E-state index is -0.506. The van der Waals surface area contributed by atoms with Crippen molar-refractivity contribution >= 4 is 0 Å². The molecule has 32 heavy (non-hydrogen) atoms. The zero-order valence-electron chi connectivity index (χ0n) is 17.7. The normalized spacial score (nSPS) is 20.2. The van der Waals surface area contributed by atoms with Crippen LogP contribution in [0.2, 0.25) is 0 Å². The first-order valence-corrected chi connectivity index (χ1v) is 10.8. The average molecular weight is 433 g/mol. The van der Waals surface area contributed by atoms with Crippen molar-refractivity contribution in [2.75, 3.05) is 7.11 Å². The fourth-order valence-electron chi connectivity index (χ4n) is 5.47. The molecular formula is C24H23N3O5. The van der Waals surface area contributed by atoms with Crippen LogP contribution in [0, 0.1) is 0 Å². The molecule has 2 aliphatic heterocycles. The molecule has 1 spiro atoms. The van der Waals surface area contributed by atoms with Gasteiger partial charge in [-0.2, -0.15) is 0 Å². The highest BCUT2D eigenvalue weighted by atomic mass is 16.5. The van der Waals surface area contributed by atoms with Crippen molar-refractivity contribution in [3.8, 4) is 22.9 Å². The molecule has 0 saturated heterocycles. The lowest BCUT2D eigenvalue weighted by Crippen LogP contribution is -2.48. The van der Waals surface area contributed by atoms with E-state index in [0.29, 0.717) is 23.7 Å². The second kappa shape index (κ2) is 6.66. The number of benzene rings is 2. The summed E-state index contributed by atoms with van der Waals surface area (Å²) in [4.78, 5) is 27.0. The van der Waals surface area contributed by atoms with Crippen LogP contribution in [0.15, 0.2) is 63.7 Å². The zero-order chi connectivity index (χ0) is 22.0. The first-order chi connectivity index (χ1) is 15.5. The molecule has 1 atom stereocenters. The van der Waals surface area contributed by atoms with Gasteiger partial charge in [0.15, 0.2) is 0 Å². The summed E-state index contributed by atoms with van der Waals surface area (Å²) >= 11 is 0. The summed E-state index contributed by atoms with van der Waals surface area (Å²) in [5.41, 5.74) is 1.00. The maximum absolute atomic E-state index is 13.7. The molecule has 1 aromatic heterocycles. The number of phenolic OH excluding ortho intramolecular Hbond substituents is 1. The van der Waals surface area contributed by atoms with E-state index in [-0.39, 0.29) is 11.4 Å². The van der Waals surface area contributed by atoms with Crippen LogP contribution in [0.3, 0.4) is 0 Å². The number of aromatic hydroxyl groups is 1. The predicted molar refractivity (Wildman–Crippen MR) is 117 cm³/mol. The van der Waals surface area contributed by atoms with Gasteiger partial charge < -0.3 is 14.6 Å². The largest absolute Gasteiger partial charge is 0.508 e. The third-order valence-corrected chi connectivity index (χ3v) is 6.95. The summed E-state index contributed by atoms with van der Waals surface area (Å²) in [6, 6.07) is 11.4. The Morgan fingerprint density at radius 3 is 2.53 bits per heavy atom. The van der Waals surface area contributed by atoms with Gasteiger partial charge >= 0.3 is 11.4 Å². The van der Waals surface area contributed by atoms with E-state index in [9.17, 15) is 14.7 Å². The zero-order valence-corrected chi connectivity index (χ0v) is 17.7. The lowest BCUT2D eigenvalue weighted by atomic mass is 9.79. The number of rotatable bonds is 2. The summed E-state index contributed by atoms with van der Waals surface area (Å²) in [5, 5.41) is 10.1. The molecule has 6 rings (SSSR count). The Morgan fingerprint density at radius 1 is 1.06 bits per heavy atom. The quantitative estimate of drug-likeness (QED) is 0.628. The summed E-state index contributed by atoms with van der Waals surface area (Å²) < 4.78 is 15.9. The number of nitrogens with zero attached hydrogens (tertiary/aromatic N) is 3. The molecule has 1 fully saturated rings. The molecule has 2 aromatic carbocycles. The monoisotopic (exact) mass is 433 g/mol. The third kappa shape index (κ3) is 2.49. The van der Waals surface area contributed by atoms with Gasteiger partial charge in [0.2, 0.25) is 0 Å². The summed E-state index contributed by atoms with van der Waals surface area (Å²) in [6.45, 7) is 0.307. The molecule has 8 heteroatoms. The molecule has 3 heterocycles. The van der Waals surface area contributed by atoms with Crippen molar-refractivity contribution < 1.29 is 14.6 Å². The lowest BCUT2D eigenvalue weighted by molar-refractivity contribution is 0.0831. The van der Waals surface area contributed by atoms with E-state index >= 15 is 0 Å². The van der Waals surface area contributed by atoms with Gasteiger partial charge in [-0.05, 0) is 62.1 Å². The molecule has 164 valence electrons. The van der Waals surface area contributed by atoms with E-state index in [1.807, 2.05) is 6.08 Å². The molecule has 1 saturated carbocycles. The predicted octanol–water partition coefficient (Wildman–Crippen LogP) is 2.75.